The van der Waals surface area contributed by atoms with Gasteiger partial charge in [0.1, 0.15) is 5.75 Å². The number of nitrogens with one attached hydrogen (secondary N) is 2. The molecule has 0 aliphatic rings. The lowest BCUT2D eigenvalue weighted by atomic mass is 9.84. The molecule has 5 heteroatoms. The lowest BCUT2D eigenvalue weighted by Gasteiger charge is -2.27. The van der Waals surface area contributed by atoms with Crippen LogP contribution in [0.2, 0.25) is 0 Å². The Labute approximate surface area is 101 Å². The van der Waals surface area contributed by atoms with Crippen molar-refractivity contribution in [3.8, 4) is 5.75 Å². The number of benzene rings is 1. The smallest absolute Gasteiger partial charge is 0.328 e. The standard InChI is InChI=1S/C12H19N3O2/c1-12(2,8-14-11(16)15-13)9-6-4-5-7-10(9)17-3/h4-7H,8,13H2,1-3H3,(H2,14,15,16). The fourth-order valence-electron chi connectivity index (χ4n) is 1.65. The SMILES string of the molecule is COc1ccccc1C(C)(C)CNC(=O)NN. The molecule has 0 unspecified atom stereocenters. The number of hydrogen-bond acceptors (Lipinski definition) is 3. The Balaban J connectivity index is 2.84. The normalized spacial score (nSPS) is 10.8. The molecule has 0 radical (unpaired) electrons. The topological polar surface area (TPSA) is 76.4 Å². The number of nitrogens with two attached hydrogens (primary N) is 1. The van der Waals surface area contributed by atoms with E-state index in [9.17, 15) is 4.79 Å². The maximum Gasteiger partial charge on any atom is 0.328 e. The molecule has 94 valence electrons. The largest absolute Gasteiger partial charge is 0.496 e. The zero-order chi connectivity index (χ0) is 12.9. The molecule has 1 aromatic carbocycles. The molecular formula is C12H19N3O2. The van der Waals surface area contributed by atoms with Crippen LogP contribution in [0.15, 0.2) is 24.3 Å². The van der Waals surface area contributed by atoms with Gasteiger partial charge in [0.05, 0.1) is 7.11 Å². The molecule has 0 saturated carbocycles. The van der Waals surface area contributed by atoms with Crippen molar-refractivity contribution in [1.29, 1.82) is 0 Å². The van der Waals surface area contributed by atoms with Crippen molar-refractivity contribution in [3.05, 3.63) is 29.8 Å². The van der Waals surface area contributed by atoms with E-state index in [4.69, 9.17) is 10.6 Å². The van der Waals surface area contributed by atoms with Gasteiger partial charge in [-0.25, -0.2) is 10.6 Å². The summed E-state index contributed by atoms with van der Waals surface area (Å²) in [6.07, 6.45) is 0. The Bertz CT molecular complexity index is 391. The van der Waals surface area contributed by atoms with Crippen molar-refractivity contribution in [2.24, 2.45) is 5.84 Å². The van der Waals surface area contributed by atoms with E-state index in [-0.39, 0.29) is 5.41 Å². The van der Waals surface area contributed by atoms with Gasteiger partial charge in [-0.15, -0.1) is 0 Å². The first-order chi connectivity index (χ1) is 8.01. The van der Waals surface area contributed by atoms with Crippen LogP contribution in [0, 0.1) is 0 Å². The highest BCUT2D eigenvalue weighted by Gasteiger charge is 2.24. The summed E-state index contributed by atoms with van der Waals surface area (Å²) in [5.41, 5.74) is 2.84. The monoisotopic (exact) mass is 237 g/mol. The van der Waals surface area contributed by atoms with E-state index >= 15 is 0 Å². The van der Waals surface area contributed by atoms with E-state index in [1.165, 1.54) is 0 Å². The van der Waals surface area contributed by atoms with Crippen LogP contribution in [-0.4, -0.2) is 19.7 Å². The van der Waals surface area contributed by atoms with Crippen molar-refractivity contribution in [3.63, 3.8) is 0 Å². The number of carbonyl (C=O) groups excluding carboxylic acids is 1. The second-order valence-electron chi connectivity index (χ2n) is 4.41. The summed E-state index contributed by atoms with van der Waals surface area (Å²) < 4.78 is 5.31. The molecule has 0 heterocycles. The molecule has 0 bridgehead atoms. The second-order valence-corrected chi connectivity index (χ2v) is 4.41. The molecule has 0 fully saturated rings. The van der Waals surface area contributed by atoms with Gasteiger partial charge < -0.3 is 10.1 Å². The van der Waals surface area contributed by atoms with Crippen LogP contribution in [0.3, 0.4) is 0 Å². The molecule has 0 spiro atoms. The lowest BCUT2D eigenvalue weighted by Crippen LogP contribution is -2.44. The van der Waals surface area contributed by atoms with Gasteiger partial charge in [-0.05, 0) is 6.07 Å². The van der Waals surface area contributed by atoms with E-state index in [0.717, 1.165) is 11.3 Å². The fraction of sp³-hybridized carbons (Fsp3) is 0.417. The molecular weight excluding hydrogens is 218 g/mol. The first-order valence-corrected chi connectivity index (χ1v) is 5.39. The van der Waals surface area contributed by atoms with Gasteiger partial charge in [0.15, 0.2) is 0 Å². The maximum absolute atomic E-state index is 11.1. The van der Waals surface area contributed by atoms with Gasteiger partial charge in [0.25, 0.3) is 0 Å². The first-order valence-electron chi connectivity index (χ1n) is 5.39. The van der Waals surface area contributed by atoms with Gasteiger partial charge in [0.2, 0.25) is 0 Å². The van der Waals surface area contributed by atoms with Crippen LogP contribution in [0.1, 0.15) is 19.4 Å². The van der Waals surface area contributed by atoms with Crippen LogP contribution in [0.25, 0.3) is 0 Å². The Morgan fingerprint density at radius 3 is 2.65 bits per heavy atom. The summed E-state index contributed by atoms with van der Waals surface area (Å²) in [5, 5.41) is 2.69. The Hall–Kier alpha value is -1.75. The average Bonchev–Trinajstić information content (AvgIpc) is 2.35. The predicted molar refractivity (Wildman–Crippen MR) is 66.7 cm³/mol. The minimum atomic E-state index is -0.395. The molecule has 17 heavy (non-hydrogen) atoms. The van der Waals surface area contributed by atoms with Crippen LogP contribution < -0.4 is 21.3 Å². The van der Waals surface area contributed by atoms with E-state index in [2.05, 4.69) is 5.32 Å². The Morgan fingerprint density at radius 1 is 1.41 bits per heavy atom. The molecule has 0 aliphatic carbocycles. The number of amides is 2. The summed E-state index contributed by atoms with van der Waals surface area (Å²) in [6.45, 7) is 4.53. The molecule has 0 saturated heterocycles. The summed E-state index contributed by atoms with van der Waals surface area (Å²) in [5.74, 6) is 5.82. The van der Waals surface area contributed by atoms with E-state index in [0.29, 0.717) is 6.54 Å². The number of rotatable bonds is 4. The van der Waals surface area contributed by atoms with Crippen molar-refractivity contribution in [1.82, 2.24) is 10.7 Å². The second kappa shape index (κ2) is 5.54. The summed E-state index contributed by atoms with van der Waals surface area (Å²) >= 11 is 0. The summed E-state index contributed by atoms with van der Waals surface area (Å²) in [7, 11) is 1.63. The molecule has 0 aliphatic heterocycles. The lowest BCUT2D eigenvalue weighted by molar-refractivity contribution is 0.238. The third-order valence-corrected chi connectivity index (χ3v) is 2.66. The molecule has 1 aromatic rings. The minimum absolute atomic E-state index is 0.237. The van der Waals surface area contributed by atoms with Crippen LogP contribution in [-0.2, 0) is 5.41 Å². The van der Waals surface area contributed by atoms with Crippen LogP contribution in [0.4, 0.5) is 4.79 Å². The minimum Gasteiger partial charge on any atom is -0.496 e. The quantitative estimate of drug-likeness (QED) is 0.417. The maximum atomic E-state index is 11.1. The fourth-order valence-corrected chi connectivity index (χ4v) is 1.65. The van der Waals surface area contributed by atoms with Crippen molar-refractivity contribution < 1.29 is 9.53 Å². The molecule has 2 amide bonds. The number of hydrazine groups is 1. The van der Waals surface area contributed by atoms with Gasteiger partial charge in [-0.3, -0.25) is 5.43 Å². The third kappa shape index (κ3) is 3.35. The molecule has 0 aromatic heterocycles. The van der Waals surface area contributed by atoms with Crippen molar-refractivity contribution in [2.75, 3.05) is 13.7 Å². The third-order valence-electron chi connectivity index (χ3n) is 2.66. The van der Waals surface area contributed by atoms with E-state index in [1.54, 1.807) is 7.11 Å². The number of urea groups is 1. The van der Waals surface area contributed by atoms with Gasteiger partial charge >= 0.3 is 6.03 Å². The van der Waals surface area contributed by atoms with E-state index in [1.807, 2.05) is 43.5 Å². The van der Waals surface area contributed by atoms with E-state index < -0.39 is 6.03 Å². The zero-order valence-electron chi connectivity index (χ0n) is 10.4. The Morgan fingerprint density at radius 2 is 2.06 bits per heavy atom. The first kappa shape index (κ1) is 13.3. The molecule has 0 atom stereocenters. The van der Waals surface area contributed by atoms with Gasteiger partial charge in [0, 0.05) is 17.5 Å². The number of para-hydroxylation sites is 1. The van der Waals surface area contributed by atoms with Gasteiger partial charge in [-0.2, -0.15) is 0 Å². The number of carbonyl (C=O) groups is 1. The van der Waals surface area contributed by atoms with Crippen LogP contribution >= 0.6 is 0 Å². The number of methoxy groups -OCH3 is 1. The summed E-state index contributed by atoms with van der Waals surface area (Å²) in [4.78, 5) is 11.1. The highest BCUT2D eigenvalue weighted by atomic mass is 16.5. The predicted octanol–water partition coefficient (Wildman–Crippen LogP) is 1.15. The zero-order valence-corrected chi connectivity index (χ0v) is 10.4. The number of ether oxygens (including phenoxy) is 1. The number of hydrogen-bond donors (Lipinski definition) is 3. The summed E-state index contributed by atoms with van der Waals surface area (Å²) in [6, 6.07) is 7.36. The molecule has 4 N–H and O–H groups in total. The highest BCUT2D eigenvalue weighted by molar-refractivity contribution is 5.73. The highest BCUT2D eigenvalue weighted by Crippen LogP contribution is 2.30. The van der Waals surface area contributed by atoms with Crippen LogP contribution in [0.5, 0.6) is 5.75 Å². The molecule has 1 rings (SSSR count). The Kier molecular flexibility index (Phi) is 4.34. The van der Waals surface area contributed by atoms with Crippen molar-refractivity contribution in [2.45, 2.75) is 19.3 Å². The molecule has 5 nitrogen and oxygen atoms in total. The van der Waals surface area contributed by atoms with Crippen molar-refractivity contribution >= 4 is 6.03 Å². The van der Waals surface area contributed by atoms with Gasteiger partial charge in [-0.1, -0.05) is 32.0 Å². The average molecular weight is 237 g/mol.